The van der Waals surface area contributed by atoms with Gasteiger partial charge in [0.1, 0.15) is 0 Å². The molecule has 0 spiro atoms. The Kier molecular flexibility index (Phi) is 4.01. The summed E-state index contributed by atoms with van der Waals surface area (Å²) < 4.78 is 0. The summed E-state index contributed by atoms with van der Waals surface area (Å²) in [4.78, 5) is 0. The van der Waals surface area contributed by atoms with E-state index in [9.17, 15) is 0 Å². The molecule has 1 unspecified atom stereocenters. The van der Waals surface area contributed by atoms with Gasteiger partial charge >= 0.3 is 0 Å². The van der Waals surface area contributed by atoms with Crippen LogP contribution >= 0.6 is 0 Å². The van der Waals surface area contributed by atoms with Gasteiger partial charge in [0.15, 0.2) is 0 Å². The summed E-state index contributed by atoms with van der Waals surface area (Å²) in [6.07, 6.45) is 18.5. The maximum Gasteiger partial charge on any atom is -0.00462 e. The van der Waals surface area contributed by atoms with E-state index in [4.69, 9.17) is 0 Å². The Balaban J connectivity index is 2.63. The van der Waals surface area contributed by atoms with Crippen molar-refractivity contribution in [2.24, 2.45) is 5.41 Å². The minimum Gasteiger partial charge on any atom is -0.0916 e. The average molecular weight is 176 g/mol. The molecule has 0 nitrogen and oxygen atoms in total. The van der Waals surface area contributed by atoms with E-state index in [0.29, 0.717) is 5.41 Å². The number of hydrogen-bond donors (Lipinski definition) is 0. The van der Waals surface area contributed by atoms with E-state index in [0.717, 1.165) is 0 Å². The monoisotopic (exact) mass is 176 g/mol. The fourth-order valence-corrected chi connectivity index (χ4v) is 2.00. The first kappa shape index (κ1) is 10.3. The highest BCUT2D eigenvalue weighted by molar-refractivity contribution is 5.17. The predicted molar refractivity (Wildman–Crippen MR) is 59.7 cm³/mol. The van der Waals surface area contributed by atoms with E-state index in [2.05, 4.69) is 50.3 Å². The summed E-state index contributed by atoms with van der Waals surface area (Å²) >= 11 is 0. The highest BCUT2D eigenvalue weighted by Crippen LogP contribution is 2.36. The lowest BCUT2D eigenvalue weighted by Crippen LogP contribution is -2.17. The molecule has 1 aliphatic carbocycles. The minimum absolute atomic E-state index is 0.427. The van der Waals surface area contributed by atoms with Crippen molar-refractivity contribution in [1.82, 2.24) is 0 Å². The van der Waals surface area contributed by atoms with E-state index in [-0.39, 0.29) is 0 Å². The molecular formula is C13H20. The lowest BCUT2D eigenvalue weighted by molar-refractivity contribution is 0.351. The van der Waals surface area contributed by atoms with Gasteiger partial charge in [0.2, 0.25) is 0 Å². The van der Waals surface area contributed by atoms with Gasteiger partial charge in [-0.25, -0.2) is 0 Å². The topological polar surface area (TPSA) is 0 Å². The van der Waals surface area contributed by atoms with E-state index < -0.39 is 0 Å². The minimum atomic E-state index is 0.427. The van der Waals surface area contributed by atoms with Crippen LogP contribution in [0.5, 0.6) is 0 Å². The first-order valence-corrected chi connectivity index (χ1v) is 5.28. The second-order valence-electron chi connectivity index (χ2n) is 3.88. The van der Waals surface area contributed by atoms with Crippen LogP contribution in [0.3, 0.4) is 0 Å². The van der Waals surface area contributed by atoms with Gasteiger partial charge in [0.25, 0.3) is 0 Å². The quantitative estimate of drug-likeness (QED) is 0.561. The fourth-order valence-electron chi connectivity index (χ4n) is 2.00. The van der Waals surface area contributed by atoms with Gasteiger partial charge in [-0.1, -0.05) is 49.8 Å². The maximum absolute atomic E-state index is 2.39. The number of hydrogen-bond acceptors (Lipinski definition) is 0. The smallest absolute Gasteiger partial charge is 0.00462 e. The second kappa shape index (κ2) is 5.06. The summed E-state index contributed by atoms with van der Waals surface area (Å²) in [5.74, 6) is 0. The predicted octanol–water partition coefficient (Wildman–Crippen LogP) is 4.26. The Morgan fingerprint density at radius 3 is 2.77 bits per heavy atom. The normalized spacial score (nSPS) is 27.2. The Bertz CT molecular complexity index is 220. The largest absolute Gasteiger partial charge is 0.0916 e. The van der Waals surface area contributed by atoms with Crippen molar-refractivity contribution in [2.45, 2.75) is 39.5 Å². The number of rotatable bonds is 4. The molecule has 0 bridgehead atoms. The highest BCUT2D eigenvalue weighted by Gasteiger charge is 2.24. The average Bonchev–Trinajstić information content (AvgIpc) is 2.17. The Morgan fingerprint density at radius 1 is 1.38 bits per heavy atom. The van der Waals surface area contributed by atoms with Gasteiger partial charge < -0.3 is 0 Å². The third-order valence-electron chi connectivity index (χ3n) is 2.73. The summed E-state index contributed by atoms with van der Waals surface area (Å²) in [5.41, 5.74) is 0.427. The zero-order valence-electron chi connectivity index (χ0n) is 8.79. The van der Waals surface area contributed by atoms with Gasteiger partial charge in [0, 0.05) is 0 Å². The van der Waals surface area contributed by atoms with Crippen LogP contribution in [0.2, 0.25) is 0 Å². The molecule has 0 aromatic heterocycles. The lowest BCUT2D eigenvalue weighted by Gasteiger charge is -2.29. The molecule has 1 rings (SSSR count). The van der Waals surface area contributed by atoms with Crippen LogP contribution in [0.4, 0.5) is 0 Å². The lowest BCUT2D eigenvalue weighted by atomic mass is 9.75. The molecule has 0 amide bonds. The van der Waals surface area contributed by atoms with E-state index in [1.165, 1.54) is 25.7 Å². The summed E-state index contributed by atoms with van der Waals surface area (Å²) in [6, 6.07) is 0. The van der Waals surface area contributed by atoms with Gasteiger partial charge in [-0.3, -0.25) is 0 Å². The van der Waals surface area contributed by atoms with Gasteiger partial charge in [-0.2, -0.15) is 0 Å². The molecule has 0 radical (unpaired) electrons. The summed E-state index contributed by atoms with van der Waals surface area (Å²) in [5, 5.41) is 0. The first-order valence-electron chi connectivity index (χ1n) is 5.28. The van der Waals surface area contributed by atoms with Gasteiger partial charge in [0.05, 0.1) is 0 Å². The fraction of sp³-hybridized carbons (Fsp3) is 0.538. The molecular weight excluding hydrogens is 156 g/mol. The Labute approximate surface area is 82.0 Å². The van der Waals surface area contributed by atoms with Crippen molar-refractivity contribution in [1.29, 1.82) is 0 Å². The van der Waals surface area contributed by atoms with Crippen molar-refractivity contribution < 1.29 is 0 Å². The molecule has 0 fully saturated rings. The van der Waals surface area contributed by atoms with Gasteiger partial charge in [-0.15, -0.1) is 0 Å². The molecule has 0 aliphatic heterocycles. The van der Waals surface area contributed by atoms with Crippen LogP contribution in [0.1, 0.15) is 39.5 Å². The second-order valence-corrected chi connectivity index (χ2v) is 3.88. The molecule has 0 N–H and O–H groups in total. The van der Waals surface area contributed by atoms with E-state index in [1.54, 1.807) is 0 Å². The molecule has 0 heterocycles. The first-order chi connectivity index (χ1) is 6.33. The molecule has 1 atom stereocenters. The molecule has 0 aromatic carbocycles. The Morgan fingerprint density at radius 2 is 2.23 bits per heavy atom. The van der Waals surface area contributed by atoms with Crippen LogP contribution in [0, 0.1) is 5.41 Å². The van der Waals surface area contributed by atoms with Crippen LogP contribution in [-0.2, 0) is 0 Å². The van der Waals surface area contributed by atoms with E-state index in [1.807, 2.05) is 0 Å². The molecule has 0 aromatic rings. The molecule has 0 saturated heterocycles. The molecule has 1 aliphatic rings. The van der Waals surface area contributed by atoms with Gasteiger partial charge in [-0.05, 0) is 31.6 Å². The molecule has 72 valence electrons. The summed E-state index contributed by atoms with van der Waals surface area (Å²) in [7, 11) is 0. The standard InChI is InChI=1S/C13H20/c1-3-5-10-13(9-4-2)11-7-6-8-12-13/h3,5-8,11H,4,9-10,12H2,1-2H3. The maximum atomic E-state index is 2.39. The molecule has 0 heteroatoms. The van der Waals surface area contributed by atoms with Crippen molar-refractivity contribution in [3.8, 4) is 0 Å². The zero-order valence-corrected chi connectivity index (χ0v) is 8.79. The third-order valence-corrected chi connectivity index (χ3v) is 2.73. The number of allylic oxidation sites excluding steroid dienone is 6. The molecule has 13 heavy (non-hydrogen) atoms. The Hall–Kier alpha value is -0.780. The van der Waals surface area contributed by atoms with Crippen LogP contribution in [0.25, 0.3) is 0 Å². The van der Waals surface area contributed by atoms with Crippen molar-refractivity contribution in [2.75, 3.05) is 0 Å². The SMILES string of the molecule is CC=CCC1(CCC)C=CC=CC1. The third kappa shape index (κ3) is 2.87. The van der Waals surface area contributed by atoms with Crippen LogP contribution < -0.4 is 0 Å². The van der Waals surface area contributed by atoms with Crippen LogP contribution in [0.15, 0.2) is 36.5 Å². The van der Waals surface area contributed by atoms with Crippen molar-refractivity contribution in [3.63, 3.8) is 0 Å². The van der Waals surface area contributed by atoms with E-state index >= 15 is 0 Å². The van der Waals surface area contributed by atoms with Crippen molar-refractivity contribution >= 4 is 0 Å². The molecule has 0 saturated carbocycles. The van der Waals surface area contributed by atoms with Crippen LogP contribution in [-0.4, -0.2) is 0 Å². The summed E-state index contributed by atoms with van der Waals surface area (Å²) in [6.45, 7) is 4.37. The highest BCUT2D eigenvalue weighted by atomic mass is 14.3. The zero-order chi connectivity index (χ0) is 9.57. The van der Waals surface area contributed by atoms with Crippen molar-refractivity contribution in [3.05, 3.63) is 36.5 Å².